The van der Waals surface area contributed by atoms with Crippen molar-refractivity contribution >= 4 is 5.91 Å². The maximum Gasteiger partial charge on any atom is 0.237 e. The van der Waals surface area contributed by atoms with Crippen LogP contribution >= 0.6 is 0 Å². The third-order valence-electron chi connectivity index (χ3n) is 3.84. The molecule has 1 amide bonds. The Morgan fingerprint density at radius 3 is 2.56 bits per heavy atom. The van der Waals surface area contributed by atoms with Crippen LogP contribution < -0.4 is 11.1 Å². The number of carbonyl (C=O) groups excluding carboxylic acids is 1. The number of hydrogen-bond acceptors (Lipinski definition) is 3. The standard InChI is InChI=1S/C12H24N2O2/c1-4-9(2)10(13)11(15)14-8-12(16-3)6-5-7-12/h9-10H,4-8,13H2,1-3H3,(H,14,15). The second-order valence-electron chi connectivity index (χ2n) is 4.87. The van der Waals surface area contributed by atoms with Gasteiger partial charge in [0, 0.05) is 13.7 Å². The van der Waals surface area contributed by atoms with Crippen molar-refractivity contribution in [2.24, 2.45) is 11.7 Å². The van der Waals surface area contributed by atoms with E-state index in [1.807, 2.05) is 13.8 Å². The number of ether oxygens (including phenoxy) is 1. The maximum absolute atomic E-state index is 11.8. The Kier molecular flexibility index (Phi) is 4.74. The number of methoxy groups -OCH3 is 1. The number of amides is 1. The van der Waals surface area contributed by atoms with Crippen molar-refractivity contribution in [2.45, 2.75) is 51.2 Å². The molecule has 4 nitrogen and oxygen atoms in total. The van der Waals surface area contributed by atoms with E-state index in [1.54, 1.807) is 7.11 Å². The summed E-state index contributed by atoms with van der Waals surface area (Å²) >= 11 is 0. The molecule has 0 aliphatic heterocycles. The minimum absolute atomic E-state index is 0.0577. The van der Waals surface area contributed by atoms with E-state index in [1.165, 1.54) is 6.42 Å². The zero-order chi connectivity index (χ0) is 12.2. The van der Waals surface area contributed by atoms with Crippen molar-refractivity contribution in [3.05, 3.63) is 0 Å². The average Bonchev–Trinajstić information content (AvgIpc) is 2.25. The highest BCUT2D eigenvalue weighted by Crippen LogP contribution is 2.34. The molecule has 0 aromatic heterocycles. The van der Waals surface area contributed by atoms with E-state index in [0.29, 0.717) is 6.54 Å². The molecule has 4 heteroatoms. The summed E-state index contributed by atoms with van der Waals surface area (Å²) in [6, 6.07) is -0.404. The monoisotopic (exact) mass is 228 g/mol. The van der Waals surface area contributed by atoms with Gasteiger partial charge in [-0.15, -0.1) is 0 Å². The third kappa shape index (κ3) is 2.95. The minimum Gasteiger partial charge on any atom is -0.376 e. The van der Waals surface area contributed by atoms with Crippen molar-refractivity contribution in [1.82, 2.24) is 5.32 Å². The van der Waals surface area contributed by atoms with Crippen LogP contribution in [0.3, 0.4) is 0 Å². The van der Waals surface area contributed by atoms with Gasteiger partial charge in [-0.1, -0.05) is 20.3 Å². The van der Waals surface area contributed by atoms with E-state index in [4.69, 9.17) is 10.5 Å². The SMILES string of the molecule is CCC(C)C(N)C(=O)NCC1(OC)CCC1. The van der Waals surface area contributed by atoms with Crippen molar-refractivity contribution in [3.8, 4) is 0 Å². The zero-order valence-electron chi connectivity index (χ0n) is 10.6. The van der Waals surface area contributed by atoms with Gasteiger partial charge in [-0.3, -0.25) is 4.79 Å². The lowest BCUT2D eigenvalue weighted by atomic mass is 9.80. The van der Waals surface area contributed by atoms with Crippen molar-refractivity contribution in [3.63, 3.8) is 0 Å². The summed E-state index contributed by atoms with van der Waals surface area (Å²) in [5, 5.41) is 2.90. The van der Waals surface area contributed by atoms with Gasteiger partial charge < -0.3 is 15.8 Å². The molecule has 0 spiro atoms. The molecule has 2 atom stereocenters. The lowest BCUT2D eigenvalue weighted by molar-refractivity contribution is -0.127. The number of carbonyl (C=O) groups is 1. The largest absolute Gasteiger partial charge is 0.376 e. The number of nitrogens with two attached hydrogens (primary N) is 1. The van der Waals surface area contributed by atoms with Crippen LogP contribution in [0.1, 0.15) is 39.5 Å². The van der Waals surface area contributed by atoms with Gasteiger partial charge in [0.2, 0.25) is 5.91 Å². The van der Waals surface area contributed by atoms with E-state index >= 15 is 0 Å². The van der Waals surface area contributed by atoms with Crippen LogP contribution in [-0.4, -0.2) is 31.2 Å². The van der Waals surface area contributed by atoms with Gasteiger partial charge in [-0.05, 0) is 25.2 Å². The van der Waals surface area contributed by atoms with Crippen molar-refractivity contribution < 1.29 is 9.53 Å². The van der Waals surface area contributed by atoms with E-state index in [9.17, 15) is 4.79 Å². The molecule has 1 aliphatic carbocycles. The van der Waals surface area contributed by atoms with Gasteiger partial charge in [-0.25, -0.2) is 0 Å². The Morgan fingerprint density at radius 2 is 2.19 bits per heavy atom. The summed E-state index contributed by atoms with van der Waals surface area (Å²) in [5.74, 6) is 0.164. The van der Waals surface area contributed by atoms with Crippen LogP contribution in [0.25, 0.3) is 0 Å². The maximum atomic E-state index is 11.8. The minimum atomic E-state index is -0.404. The molecule has 0 heterocycles. The van der Waals surface area contributed by atoms with Crippen molar-refractivity contribution in [1.29, 1.82) is 0 Å². The lowest BCUT2D eigenvalue weighted by Gasteiger charge is -2.40. The van der Waals surface area contributed by atoms with E-state index in [0.717, 1.165) is 19.3 Å². The van der Waals surface area contributed by atoms with Crippen LogP contribution in [0, 0.1) is 5.92 Å². The first-order valence-corrected chi connectivity index (χ1v) is 6.13. The molecule has 1 fully saturated rings. The second-order valence-corrected chi connectivity index (χ2v) is 4.87. The highest BCUT2D eigenvalue weighted by Gasteiger charge is 2.37. The molecule has 94 valence electrons. The molecule has 1 saturated carbocycles. The molecule has 0 radical (unpaired) electrons. The fourth-order valence-corrected chi connectivity index (χ4v) is 1.90. The van der Waals surface area contributed by atoms with Crippen LogP contribution in [-0.2, 0) is 9.53 Å². The van der Waals surface area contributed by atoms with Crippen molar-refractivity contribution in [2.75, 3.05) is 13.7 Å². The molecule has 0 aromatic carbocycles. The smallest absolute Gasteiger partial charge is 0.237 e. The van der Waals surface area contributed by atoms with Gasteiger partial charge >= 0.3 is 0 Å². The van der Waals surface area contributed by atoms with Gasteiger partial charge in [-0.2, -0.15) is 0 Å². The summed E-state index contributed by atoms with van der Waals surface area (Å²) in [6.07, 6.45) is 4.16. The van der Waals surface area contributed by atoms with Gasteiger partial charge in [0.05, 0.1) is 11.6 Å². The van der Waals surface area contributed by atoms with Gasteiger partial charge in [0.25, 0.3) is 0 Å². The summed E-state index contributed by atoms with van der Waals surface area (Å²) in [4.78, 5) is 11.8. The summed E-state index contributed by atoms with van der Waals surface area (Å²) in [5.41, 5.74) is 5.73. The number of nitrogens with one attached hydrogen (secondary N) is 1. The molecule has 1 rings (SSSR count). The topological polar surface area (TPSA) is 64.4 Å². The van der Waals surface area contributed by atoms with Crippen LogP contribution in [0.5, 0.6) is 0 Å². The molecule has 16 heavy (non-hydrogen) atoms. The Balaban J connectivity index is 2.34. The molecular formula is C12H24N2O2. The fraction of sp³-hybridized carbons (Fsp3) is 0.917. The average molecular weight is 228 g/mol. The third-order valence-corrected chi connectivity index (χ3v) is 3.84. The molecular weight excluding hydrogens is 204 g/mol. The fourth-order valence-electron chi connectivity index (χ4n) is 1.90. The Labute approximate surface area is 97.9 Å². The first-order chi connectivity index (χ1) is 7.54. The van der Waals surface area contributed by atoms with Gasteiger partial charge in [0.15, 0.2) is 0 Å². The van der Waals surface area contributed by atoms with Crippen LogP contribution in [0.4, 0.5) is 0 Å². The number of hydrogen-bond donors (Lipinski definition) is 2. The van der Waals surface area contributed by atoms with Crippen LogP contribution in [0.2, 0.25) is 0 Å². The van der Waals surface area contributed by atoms with Crippen LogP contribution in [0.15, 0.2) is 0 Å². The Bertz CT molecular complexity index is 234. The Morgan fingerprint density at radius 1 is 1.56 bits per heavy atom. The Hall–Kier alpha value is -0.610. The quantitative estimate of drug-likeness (QED) is 0.714. The first kappa shape index (κ1) is 13.5. The summed E-state index contributed by atoms with van der Waals surface area (Å²) in [6.45, 7) is 4.63. The van der Waals surface area contributed by atoms with E-state index < -0.39 is 6.04 Å². The number of rotatable bonds is 6. The highest BCUT2D eigenvalue weighted by atomic mass is 16.5. The highest BCUT2D eigenvalue weighted by molar-refractivity contribution is 5.81. The van der Waals surface area contributed by atoms with E-state index in [-0.39, 0.29) is 17.4 Å². The lowest BCUT2D eigenvalue weighted by Crippen LogP contribution is -2.53. The van der Waals surface area contributed by atoms with E-state index in [2.05, 4.69) is 5.32 Å². The zero-order valence-corrected chi connectivity index (χ0v) is 10.6. The molecule has 3 N–H and O–H groups in total. The molecule has 1 aliphatic rings. The molecule has 0 saturated heterocycles. The normalized spacial score (nSPS) is 22.0. The summed E-state index contributed by atoms with van der Waals surface area (Å²) in [7, 11) is 1.71. The first-order valence-electron chi connectivity index (χ1n) is 6.13. The molecule has 0 bridgehead atoms. The predicted molar refractivity (Wildman–Crippen MR) is 64.0 cm³/mol. The predicted octanol–water partition coefficient (Wildman–Crippen LogP) is 1.05. The molecule has 2 unspecified atom stereocenters. The molecule has 0 aromatic rings. The van der Waals surface area contributed by atoms with Gasteiger partial charge in [0.1, 0.15) is 0 Å². The summed E-state index contributed by atoms with van der Waals surface area (Å²) < 4.78 is 5.44. The second kappa shape index (κ2) is 5.64.